The molecule has 0 saturated carbocycles. The summed E-state index contributed by atoms with van der Waals surface area (Å²) in [5.74, 6) is 0.116. The van der Waals surface area contributed by atoms with Gasteiger partial charge in [-0.05, 0) is 35.7 Å². The molecule has 1 N–H and O–H groups in total. The highest BCUT2D eigenvalue weighted by Gasteiger charge is 2.14. The van der Waals surface area contributed by atoms with Crippen molar-refractivity contribution in [3.05, 3.63) is 96.1 Å². The molecular formula is C20H19N3O. The zero-order chi connectivity index (χ0) is 16.6. The third-order valence-corrected chi connectivity index (χ3v) is 3.93. The van der Waals surface area contributed by atoms with E-state index in [-0.39, 0.29) is 11.8 Å². The standard InChI is InChI=1S/C20H19N3O/c24-20(18-8-11-21-12-9-18)23-15-19(17-6-2-1-3-7-17)13-16-5-4-10-22-14-16/h1-12,14,19H,13,15H2,(H,23,24). The topological polar surface area (TPSA) is 54.9 Å². The number of benzene rings is 1. The molecule has 1 amide bonds. The number of hydrogen-bond acceptors (Lipinski definition) is 3. The lowest BCUT2D eigenvalue weighted by atomic mass is 9.92. The van der Waals surface area contributed by atoms with Crippen LogP contribution in [0.3, 0.4) is 0 Å². The average Bonchev–Trinajstić information content (AvgIpc) is 2.67. The molecule has 0 aliphatic carbocycles. The van der Waals surface area contributed by atoms with E-state index in [1.54, 1.807) is 30.7 Å². The number of pyridine rings is 2. The number of amides is 1. The van der Waals surface area contributed by atoms with Crippen molar-refractivity contribution in [1.29, 1.82) is 0 Å². The Morgan fingerprint density at radius 1 is 0.917 bits per heavy atom. The van der Waals surface area contributed by atoms with Gasteiger partial charge in [0.25, 0.3) is 5.91 Å². The first kappa shape index (κ1) is 15.9. The predicted molar refractivity (Wildman–Crippen MR) is 93.7 cm³/mol. The fourth-order valence-corrected chi connectivity index (χ4v) is 2.66. The van der Waals surface area contributed by atoms with Crippen molar-refractivity contribution in [3.63, 3.8) is 0 Å². The Morgan fingerprint density at radius 2 is 1.71 bits per heavy atom. The summed E-state index contributed by atoms with van der Waals surface area (Å²) in [4.78, 5) is 20.4. The largest absolute Gasteiger partial charge is 0.351 e. The molecule has 1 atom stereocenters. The van der Waals surface area contributed by atoms with E-state index in [4.69, 9.17) is 0 Å². The highest BCUT2D eigenvalue weighted by atomic mass is 16.1. The maximum atomic E-state index is 12.3. The molecular weight excluding hydrogens is 298 g/mol. The van der Waals surface area contributed by atoms with Crippen LogP contribution in [0.25, 0.3) is 0 Å². The molecule has 0 spiro atoms. The van der Waals surface area contributed by atoms with Gasteiger partial charge >= 0.3 is 0 Å². The first-order valence-electron chi connectivity index (χ1n) is 7.95. The van der Waals surface area contributed by atoms with Gasteiger partial charge in [0.1, 0.15) is 0 Å². The van der Waals surface area contributed by atoms with Crippen molar-refractivity contribution in [3.8, 4) is 0 Å². The van der Waals surface area contributed by atoms with E-state index in [1.807, 2.05) is 30.5 Å². The lowest BCUT2D eigenvalue weighted by Gasteiger charge is -2.18. The van der Waals surface area contributed by atoms with Gasteiger partial charge in [0, 0.05) is 42.8 Å². The molecule has 3 aromatic rings. The number of nitrogens with zero attached hydrogens (tertiary/aromatic N) is 2. The van der Waals surface area contributed by atoms with Crippen molar-refractivity contribution in [2.75, 3.05) is 6.54 Å². The van der Waals surface area contributed by atoms with Gasteiger partial charge in [-0.3, -0.25) is 14.8 Å². The Hall–Kier alpha value is -3.01. The van der Waals surface area contributed by atoms with Crippen LogP contribution in [0.5, 0.6) is 0 Å². The molecule has 2 aromatic heterocycles. The lowest BCUT2D eigenvalue weighted by Crippen LogP contribution is -2.29. The highest BCUT2D eigenvalue weighted by Crippen LogP contribution is 2.20. The molecule has 0 fully saturated rings. The number of aromatic nitrogens is 2. The van der Waals surface area contributed by atoms with Crippen molar-refractivity contribution >= 4 is 5.91 Å². The van der Waals surface area contributed by atoms with E-state index >= 15 is 0 Å². The Labute approximate surface area is 141 Å². The molecule has 2 heterocycles. The van der Waals surface area contributed by atoms with Gasteiger partial charge in [-0.15, -0.1) is 0 Å². The van der Waals surface area contributed by atoms with E-state index in [1.165, 1.54) is 5.56 Å². The molecule has 0 radical (unpaired) electrons. The fraction of sp³-hybridized carbons (Fsp3) is 0.150. The van der Waals surface area contributed by atoms with E-state index in [0.717, 1.165) is 12.0 Å². The maximum absolute atomic E-state index is 12.3. The summed E-state index contributed by atoms with van der Waals surface area (Å²) < 4.78 is 0. The molecule has 0 bridgehead atoms. The summed E-state index contributed by atoms with van der Waals surface area (Å²) in [5.41, 5.74) is 2.99. The Morgan fingerprint density at radius 3 is 2.42 bits per heavy atom. The molecule has 3 rings (SSSR count). The summed E-state index contributed by atoms with van der Waals surface area (Å²) in [6.45, 7) is 0.570. The van der Waals surface area contributed by atoms with Gasteiger partial charge in [-0.1, -0.05) is 36.4 Å². The summed E-state index contributed by atoms with van der Waals surface area (Å²) in [6.07, 6.45) is 7.72. The summed E-state index contributed by atoms with van der Waals surface area (Å²) in [6, 6.07) is 17.7. The van der Waals surface area contributed by atoms with Crippen LogP contribution < -0.4 is 5.32 Å². The van der Waals surface area contributed by atoms with Crippen LogP contribution in [0, 0.1) is 0 Å². The number of nitrogens with one attached hydrogen (secondary N) is 1. The minimum absolute atomic E-state index is 0.0792. The second kappa shape index (κ2) is 8.02. The summed E-state index contributed by atoms with van der Waals surface area (Å²) in [7, 11) is 0. The molecule has 1 unspecified atom stereocenters. The van der Waals surface area contributed by atoms with Gasteiger partial charge in [0.05, 0.1) is 0 Å². The van der Waals surface area contributed by atoms with Crippen LogP contribution >= 0.6 is 0 Å². The van der Waals surface area contributed by atoms with E-state index in [9.17, 15) is 4.79 Å². The highest BCUT2D eigenvalue weighted by molar-refractivity contribution is 5.93. The van der Waals surface area contributed by atoms with Crippen molar-refractivity contribution < 1.29 is 4.79 Å². The Bertz CT molecular complexity index is 761. The minimum Gasteiger partial charge on any atom is -0.351 e. The van der Waals surface area contributed by atoms with Gasteiger partial charge < -0.3 is 5.32 Å². The zero-order valence-electron chi connectivity index (χ0n) is 13.3. The van der Waals surface area contributed by atoms with Gasteiger partial charge in [-0.25, -0.2) is 0 Å². The van der Waals surface area contributed by atoms with Crippen LogP contribution in [-0.4, -0.2) is 22.4 Å². The predicted octanol–water partition coefficient (Wildman–Crippen LogP) is 3.23. The quantitative estimate of drug-likeness (QED) is 0.759. The lowest BCUT2D eigenvalue weighted by molar-refractivity contribution is 0.0951. The molecule has 120 valence electrons. The van der Waals surface area contributed by atoms with E-state index in [0.29, 0.717) is 12.1 Å². The minimum atomic E-state index is -0.0792. The van der Waals surface area contributed by atoms with Crippen LogP contribution in [0.15, 0.2) is 79.4 Å². The van der Waals surface area contributed by atoms with Gasteiger partial charge in [0.15, 0.2) is 0 Å². The molecule has 0 aliphatic rings. The second-order valence-corrected chi connectivity index (χ2v) is 5.62. The van der Waals surface area contributed by atoms with E-state index in [2.05, 4.69) is 33.5 Å². The second-order valence-electron chi connectivity index (χ2n) is 5.62. The Balaban J connectivity index is 1.72. The summed E-state index contributed by atoms with van der Waals surface area (Å²) in [5, 5.41) is 3.03. The fourth-order valence-electron chi connectivity index (χ4n) is 2.66. The first-order chi connectivity index (χ1) is 11.8. The van der Waals surface area contributed by atoms with Crippen molar-refractivity contribution in [1.82, 2.24) is 15.3 Å². The molecule has 0 saturated heterocycles. The molecule has 4 heteroatoms. The van der Waals surface area contributed by atoms with Gasteiger partial charge in [-0.2, -0.15) is 0 Å². The summed E-state index contributed by atoms with van der Waals surface area (Å²) >= 11 is 0. The Kier molecular flexibility index (Phi) is 5.30. The number of carbonyl (C=O) groups excluding carboxylic acids is 1. The van der Waals surface area contributed by atoms with Crippen LogP contribution in [0.1, 0.15) is 27.4 Å². The monoisotopic (exact) mass is 317 g/mol. The molecule has 24 heavy (non-hydrogen) atoms. The van der Waals surface area contributed by atoms with Crippen LogP contribution in [0.2, 0.25) is 0 Å². The van der Waals surface area contributed by atoms with E-state index < -0.39 is 0 Å². The molecule has 4 nitrogen and oxygen atoms in total. The van der Waals surface area contributed by atoms with Crippen LogP contribution in [-0.2, 0) is 6.42 Å². The van der Waals surface area contributed by atoms with Crippen molar-refractivity contribution in [2.45, 2.75) is 12.3 Å². The van der Waals surface area contributed by atoms with Crippen LogP contribution in [0.4, 0.5) is 0 Å². The first-order valence-corrected chi connectivity index (χ1v) is 7.95. The SMILES string of the molecule is O=C(NCC(Cc1cccnc1)c1ccccc1)c1ccncc1. The zero-order valence-corrected chi connectivity index (χ0v) is 13.3. The van der Waals surface area contributed by atoms with Crippen molar-refractivity contribution in [2.24, 2.45) is 0 Å². The number of hydrogen-bond donors (Lipinski definition) is 1. The maximum Gasteiger partial charge on any atom is 0.251 e. The molecule has 0 aliphatic heterocycles. The number of rotatable bonds is 6. The molecule has 1 aromatic carbocycles. The van der Waals surface area contributed by atoms with Gasteiger partial charge in [0.2, 0.25) is 0 Å². The third kappa shape index (κ3) is 4.26. The normalized spacial score (nSPS) is 11.7. The average molecular weight is 317 g/mol. The third-order valence-electron chi connectivity index (χ3n) is 3.93. The smallest absolute Gasteiger partial charge is 0.251 e. The number of carbonyl (C=O) groups is 1.